The molecular weight excluding hydrogens is 261 g/mol. The summed E-state index contributed by atoms with van der Waals surface area (Å²) in [4.78, 5) is 0. The van der Waals surface area contributed by atoms with Gasteiger partial charge in [0.2, 0.25) is 0 Å². The van der Waals surface area contributed by atoms with Crippen molar-refractivity contribution in [1.82, 2.24) is 0 Å². The first-order chi connectivity index (χ1) is 9.05. The molecule has 1 aliphatic heterocycles. The minimum Gasteiger partial charge on any atom is -0.508 e. The molecule has 1 atom stereocenters. The number of hydrogen-bond acceptors (Lipinski definition) is 6. The highest BCUT2D eigenvalue weighted by Gasteiger charge is 2.54. The molecule has 0 saturated carbocycles. The van der Waals surface area contributed by atoms with Crippen LogP contribution in [-0.4, -0.2) is 33.6 Å². The average molecular weight is 281 g/mol. The van der Waals surface area contributed by atoms with Crippen LogP contribution < -0.4 is 5.73 Å². The minimum atomic E-state index is -0.878. The van der Waals surface area contributed by atoms with Crippen LogP contribution in [-0.2, 0) is 9.31 Å². The van der Waals surface area contributed by atoms with Crippen molar-refractivity contribution in [3.05, 3.63) is 17.7 Å². The topological polar surface area (TPSA) is 105 Å². The van der Waals surface area contributed by atoms with E-state index in [1.165, 1.54) is 0 Å². The Morgan fingerprint density at radius 2 is 1.40 bits per heavy atom. The van der Waals surface area contributed by atoms with Gasteiger partial charge in [-0.25, -0.2) is 0 Å². The third-order valence-electron chi connectivity index (χ3n) is 4.02. The number of rotatable bonds is 2. The molecule has 6 nitrogen and oxygen atoms in total. The molecule has 7 heteroatoms. The summed E-state index contributed by atoms with van der Waals surface area (Å²) in [5.74, 6) is -1.73. The second kappa shape index (κ2) is 4.54. The van der Waals surface area contributed by atoms with Crippen LogP contribution in [0.2, 0.25) is 0 Å². The number of hydrogen-bond donors (Lipinski definition) is 4. The Morgan fingerprint density at radius 1 is 1.00 bits per heavy atom. The maximum absolute atomic E-state index is 9.85. The average Bonchev–Trinajstić information content (AvgIpc) is 2.46. The molecule has 1 fully saturated rings. The molecule has 0 aromatic heterocycles. The van der Waals surface area contributed by atoms with Gasteiger partial charge in [0.05, 0.1) is 22.7 Å². The predicted molar refractivity (Wildman–Crippen MR) is 74.4 cm³/mol. The van der Waals surface area contributed by atoms with Crippen molar-refractivity contribution in [2.45, 2.75) is 44.8 Å². The van der Waals surface area contributed by atoms with Crippen LogP contribution in [0, 0.1) is 0 Å². The Balaban J connectivity index is 2.33. The Kier molecular flexibility index (Phi) is 3.40. The van der Waals surface area contributed by atoms with Crippen molar-refractivity contribution < 1.29 is 24.6 Å². The van der Waals surface area contributed by atoms with E-state index in [9.17, 15) is 15.3 Å². The lowest BCUT2D eigenvalue weighted by atomic mass is 9.74. The third-order valence-corrected chi connectivity index (χ3v) is 4.02. The summed E-state index contributed by atoms with van der Waals surface area (Å²) in [5, 5.41) is 29.0. The van der Waals surface area contributed by atoms with Gasteiger partial charge in [0.1, 0.15) is 17.2 Å². The minimum absolute atomic E-state index is 0.0845. The highest BCUT2D eigenvalue weighted by Crippen LogP contribution is 2.43. The first-order valence-electron chi connectivity index (χ1n) is 6.41. The fraction of sp³-hybridized carbons (Fsp3) is 0.538. The number of phenols is 3. The lowest BCUT2D eigenvalue weighted by Crippen LogP contribution is -2.41. The summed E-state index contributed by atoms with van der Waals surface area (Å²) in [5.41, 5.74) is 5.01. The molecule has 2 rings (SSSR count). The van der Waals surface area contributed by atoms with Crippen LogP contribution in [0.1, 0.15) is 39.2 Å². The molecule has 110 valence electrons. The van der Waals surface area contributed by atoms with Gasteiger partial charge in [-0.1, -0.05) is 0 Å². The van der Waals surface area contributed by atoms with Crippen LogP contribution >= 0.6 is 0 Å². The molecule has 1 heterocycles. The van der Waals surface area contributed by atoms with Gasteiger partial charge >= 0.3 is 7.12 Å². The monoisotopic (exact) mass is 281 g/mol. The lowest BCUT2D eigenvalue weighted by molar-refractivity contribution is 0.00578. The molecule has 1 aromatic rings. The summed E-state index contributed by atoms with van der Waals surface area (Å²) in [6.45, 7) is 7.54. The first-order valence-corrected chi connectivity index (χ1v) is 6.41. The van der Waals surface area contributed by atoms with E-state index in [-0.39, 0.29) is 22.8 Å². The zero-order valence-corrected chi connectivity index (χ0v) is 12.0. The molecule has 0 aliphatic carbocycles. The molecule has 5 N–H and O–H groups in total. The Bertz CT molecular complexity index is 492. The second-order valence-corrected chi connectivity index (χ2v) is 6.05. The van der Waals surface area contributed by atoms with Crippen molar-refractivity contribution in [3.63, 3.8) is 0 Å². The molecule has 0 amide bonds. The van der Waals surface area contributed by atoms with E-state index >= 15 is 0 Å². The Labute approximate surface area is 118 Å². The standard InChI is InChI=1S/C13H20BNO5/c1-12(2)13(3,4)20-14(19-12)11(15)10-8(17)5-7(16)6-9(10)18/h5-6,11,16-18H,15H2,1-4H3/t11-/m1/s1. The number of nitrogens with two attached hydrogens (primary N) is 1. The first kappa shape index (κ1) is 15.0. The molecule has 0 bridgehead atoms. The quantitative estimate of drug-likeness (QED) is 0.611. The largest absolute Gasteiger partial charge is 0.508 e. The van der Waals surface area contributed by atoms with Gasteiger partial charge in [0.15, 0.2) is 0 Å². The predicted octanol–water partition coefficient (Wildman–Crippen LogP) is 1.43. The van der Waals surface area contributed by atoms with Gasteiger partial charge in [-0.3, -0.25) is 0 Å². The molecule has 20 heavy (non-hydrogen) atoms. The van der Waals surface area contributed by atoms with Gasteiger partial charge in [-0.05, 0) is 27.7 Å². The summed E-state index contributed by atoms with van der Waals surface area (Å²) >= 11 is 0. The number of phenolic OH excluding ortho intramolecular Hbond substituents is 3. The molecule has 1 aliphatic rings. The van der Waals surface area contributed by atoms with Crippen molar-refractivity contribution in [1.29, 1.82) is 0 Å². The maximum atomic E-state index is 9.85. The lowest BCUT2D eigenvalue weighted by Gasteiger charge is -2.32. The van der Waals surface area contributed by atoms with E-state index in [1.807, 2.05) is 27.7 Å². The van der Waals surface area contributed by atoms with Crippen molar-refractivity contribution >= 4 is 7.12 Å². The summed E-state index contributed by atoms with van der Waals surface area (Å²) in [6.07, 6.45) is 0. The fourth-order valence-electron chi connectivity index (χ4n) is 2.12. The van der Waals surface area contributed by atoms with Crippen LogP contribution in [0.3, 0.4) is 0 Å². The van der Waals surface area contributed by atoms with Crippen LogP contribution in [0.15, 0.2) is 12.1 Å². The number of aromatic hydroxyl groups is 3. The fourth-order valence-corrected chi connectivity index (χ4v) is 2.12. The molecule has 0 unspecified atom stereocenters. The van der Waals surface area contributed by atoms with Crippen LogP contribution in [0.25, 0.3) is 0 Å². The summed E-state index contributed by atoms with van der Waals surface area (Å²) < 4.78 is 11.6. The summed E-state index contributed by atoms with van der Waals surface area (Å²) in [7, 11) is -0.804. The van der Waals surface area contributed by atoms with Gasteiger partial charge in [0, 0.05) is 12.1 Å². The highest BCUT2D eigenvalue weighted by molar-refractivity contribution is 6.47. The van der Waals surface area contributed by atoms with Crippen molar-refractivity contribution in [2.24, 2.45) is 5.73 Å². The normalized spacial score (nSPS) is 21.9. The van der Waals surface area contributed by atoms with Crippen LogP contribution in [0.5, 0.6) is 17.2 Å². The van der Waals surface area contributed by atoms with E-state index in [1.54, 1.807) is 0 Å². The Morgan fingerprint density at radius 3 is 1.80 bits per heavy atom. The van der Waals surface area contributed by atoms with Gasteiger partial charge in [-0.15, -0.1) is 0 Å². The molecule has 0 spiro atoms. The van der Waals surface area contributed by atoms with Gasteiger partial charge < -0.3 is 30.4 Å². The zero-order chi connectivity index (χ0) is 15.3. The number of benzene rings is 1. The second-order valence-electron chi connectivity index (χ2n) is 6.05. The highest BCUT2D eigenvalue weighted by atomic mass is 16.7. The smallest absolute Gasteiger partial charge is 0.480 e. The van der Waals surface area contributed by atoms with E-state index in [0.717, 1.165) is 12.1 Å². The molecular formula is C13H20BNO5. The van der Waals surface area contributed by atoms with Gasteiger partial charge in [0.25, 0.3) is 0 Å². The van der Waals surface area contributed by atoms with Crippen LogP contribution in [0.4, 0.5) is 0 Å². The van der Waals surface area contributed by atoms with Gasteiger partial charge in [-0.2, -0.15) is 0 Å². The van der Waals surface area contributed by atoms with E-state index < -0.39 is 24.3 Å². The molecule has 1 saturated heterocycles. The molecule has 0 radical (unpaired) electrons. The van der Waals surface area contributed by atoms with E-state index in [2.05, 4.69) is 0 Å². The van der Waals surface area contributed by atoms with Crippen molar-refractivity contribution in [2.75, 3.05) is 0 Å². The summed E-state index contributed by atoms with van der Waals surface area (Å²) in [6, 6.07) is 2.22. The third kappa shape index (κ3) is 2.32. The Hall–Kier alpha value is -1.44. The zero-order valence-electron chi connectivity index (χ0n) is 12.0. The van der Waals surface area contributed by atoms with E-state index in [4.69, 9.17) is 15.0 Å². The SMILES string of the molecule is CC1(C)OB([C@H](N)c2c(O)cc(O)cc2O)OC1(C)C. The van der Waals surface area contributed by atoms with Crippen molar-refractivity contribution in [3.8, 4) is 17.2 Å². The van der Waals surface area contributed by atoms with E-state index in [0.29, 0.717) is 0 Å². The maximum Gasteiger partial charge on any atom is 0.480 e. The molecule has 1 aromatic carbocycles.